The third kappa shape index (κ3) is 2.90. The summed E-state index contributed by atoms with van der Waals surface area (Å²) >= 11 is 0. The summed E-state index contributed by atoms with van der Waals surface area (Å²) in [7, 11) is 3.46. The molecule has 0 amide bonds. The molecule has 0 aliphatic heterocycles. The third-order valence-corrected chi connectivity index (χ3v) is 3.63. The summed E-state index contributed by atoms with van der Waals surface area (Å²) < 4.78 is 3.02. The maximum Gasteiger partial charge on any atom is 0.345 e. The van der Waals surface area contributed by atoms with Crippen molar-refractivity contribution < 1.29 is 0 Å². The van der Waals surface area contributed by atoms with Crippen LogP contribution in [0.2, 0.25) is 0 Å². The molecule has 1 aromatic heterocycles. The first-order valence-corrected chi connectivity index (χ1v) is 5.94. The van der Waals surface area contributed by atoms with Gasteiger partial charge >= 0.3 is 5.69 Å². The summed E-state index contributed by atoms with van der Waals surface area (Å²) in [4.78, 5) is 11.5. The lowest BCUT2D eigenvalue weighted by Gasteiger charge is -2.27. The van der Waals surface area contributed by atoms with Crippen molar-refractivity contribution in [1.82, 2.24) is 14.3 Å². The molecule has 0 spiro atoms. The fraction of sp³-hybridized carbons (Fsp3) is 0.818. The van der Waals surface area contributed by atoms with E-state index in [-0.39, 0.29) is 24.1 Å². The SMILES string of the molecule is Cl.Cn1nc(C[C@@H]2CCCC[C@@H]2N)n(C)c1=O. The second kappa shape index (κ2) is 5.69. The van der Waals surface area contributed by atoms with Crippen LogP contribution in [0.1, 0.15) is 31.5 Å². The first-order valence-electron chi connectivity index (χ1n) is 5.94. The van der Waals surface area contributed by atoms with Crippen LogP contribution < -0.4 is 11.4 Å². The van der Waals surface area contributed by atoms with E-state index in [0.29, 0.717) is 5.92 Å². The Kier molecular flexibility index (Phi) is 4.77. The summed E-state index contributed by atoms with van der Waals surface area (Å²) in [6, 6.07) is 0.269. The van der Waals surface area contributed by atoms with E-state index in [1.54, 1.807) is 18.7 Å². The molecule has 5 nitrogen and oxygen atoms in total. The van der Waals surface area contributed by atoms with Crippen LogP contribution in [0.3, 0.4) is 0 Å². The zero-order chi connectivity index (χ0) is 11.7. The Balaban J connectivity index is 0.00000144. The first kappa shape index (κ1) is 14.3. The Morgan fingerprint density at radius 1 is 1.35 bits per heavy atom. The monoisotopic (exact) mass is 260 g/mol. The lowest BCUT2D eigenvalue weighted by molar-refractivity contribution is 0.300. The highest BCUT2D eigenvalue weighted by Crippen LogP contribution is 2.25. The molecule has 1 saturated carbocycles. The van der Waals surface area contributed by atoms with E-state index in [4.69, 9.17) is 5.73 Å². The van der Waals surface area contributed by atoms with Crippen molar-refractivity contribution in [3.05, 3.63) is 16.3 Å². The van der Waals surface area contributed by atoms with Crippen LogP contribution in [-0.4, -0.2) is 20.4 Å². The highest BCUT2D eigenvalue weighted by atomic mass is 35.5. The van der Waals surface area contributed by atoms with Gasteiger partial charge in [0.15, 0.2) is 0 Å². The van der Waals surface area contributed by atoms with Crippen LogP contribution in [0.15, 0.2) is 4.79 Å². The van der Waals surface area contributed by atoms with E-state index in [9.17, 15) is 4.79 Å². The van der Waals surface area contributed by atoms with Crippen molar-refractivity contribution in [3.63, 3.8) is 0 Å². The summed E-state index contributed by atoms with van der Waals surface area (Å²) in [5, 5.41) is 4.25. The van der Waals surface area contributed by atoms with Crippen LogP contribution in [-0.2, 0) is 20.5 Å². The van der Waals surface area contributed by atoms with Crippen molar-refractivity contribution >= 4 is 12.4 Å². The summed E-state index contributed by atoms with van der Waals surface area (Å²) in [6.07, 6.45) is 5.57. The molecule has 0 radical (unpaired) electrons. The predicted octanol–water partition coefficient (Wildman–Crippen LogP) is 0.601. The molecule has 0 saturated heterocycles. The van der Waals surface area contributed by atoms with Crippen molar-refractivity contribution in [2.75, 3.05) is 0 Å². The fourth-order valence-electron chi connectivity index (χ4n) is 2.51. The maximum absolute atomic E-state index is 11.5. The number of aromatic nitrogens is 3. The number of hydrogen-bond donors (Lipinski definition) is 1. The Bertz CT molecular complexity index is 426. The van der Waals surface area contributed by atoms with E-state index in [1.807, 2.05) is 0 Å². The molecule has 1 fully saturated rings. The van der Waals surface area contributed by atoms with Crippen LogP contribution >= 0.6 is 12.4 Å². The van der Waals surface area contributed by atoms with E-state index >= 15 is 0 Å². The van der Waals surface area contributed by atoms with Gasteiger partial charge in [-0.05, 0) is 18.8 Å². The Morgan fingerprint density at radius 2 is 2.00 bits per heavy atom. The van der Waals surface area contributed by atoms with Crippen molar-refractivity contribution in [1.29, 1.82) is 0 Å². The molecule has 2 N–H and O–H groups in total. The van der Waals surface area contributed by atoms with E-state index in [2.05, 4.69) is 5.10 Å². The van der Waals surface area contributed by atoms with Gasteiger partial charge < -0.3 is 5.73 Å². The van der Waals surface area contributed by atoms with E-state index in [1.165, 1.54) is 17.5 Å². The molecule has 2 rings (SSSR count). The minimum atomic E-state index is -0.0561. The molecule has 98 valence electrons. The molecule has 1 aliphatic carbocycles. The normalized spacial score (nSPS) is 24.4. The van der Waals surface area contributed by atoms with Gasteiger partial charge in [-0.2, -0.15) is 5.10 Å². The van der Waals surface area contributed by atoms with Crippen molar-refractivity contribution in [3.8, 4) is 0 Å². The van der Waals surface area contributed by atoms with Crippen LogP contribution in [0, 0.1) is 5.92 Å². The minimum Gasteiger partial charge on any atom is -0.327 e. The Morgan fingerprint density at radius 3 is 2.53 bits per heavy atom. The second-order valence-corrected chi connectivity index (χ2v) is 4.79. The number of hydrogen-bond acceptors (Lipinski definition) is 3. The van der Waals surface area contributed by atoms with Crippen LogP contribution in [0.25, 0.3) is 0 Å². The summed E-state index contributed by atoms with van der Waals surface area (Å²) in [6.45, 7) is 0. The lowest BCUT2D eigenvalue weighted by atomic mass is 9.83. The van der Waals surface area contributed by atoms with E-state index in [0.717, 1.165) is 25.1 Å². The topological polar surface area (TPSA) is 65.8 Å². The molecule has 17 heavy (non-hydrogen) atoms. The Labute approximate surface area is 107 Å². The minimum absolute atomic E-state index is 0. The molecular weight excluding hydrogens is 240 g/mol. The average molecular weight is 261 g/mol. The number of halogens is 1. The van der Waals surface area contributed by atoms with Gasteiger partial charge in [-0.3, -0.25) is 4.57 Å². The summed E-state index contributed by atoms with van der Waals surface area (Å²) in [5.41, 5.74) is 6.04. The van der Waals surface area contributed by atoms with Gasteiger partial charge in [0.1, 0.15) is 5.82 Å². The highest BCUT2D eigenvalue weighted by molar-refractivity contribution is 5.85. The number of rotatable bonds is 2. The lowest BCUT2D eigenvalue weighted by Crippen LogP contribution is -2.35. The van der Waals surface area contributed by atoms with E-state index < -0.39 is 0 Å². The molecular formula is C11H21ClN4O. The average Bonchev–Trinajstić information content (AvgIpc) is 2.50. The van der Waals surface area contributed by atoms with Gasteiger partial charge in [-0.1, -0.05) is 12.8 Å². The maximum atomic E-state index is 11.5. The second-order valence-electron chi connectivity index (χ2n) is 4.79. The largest absolute Gasteiger partial charge is 0.345 e. The molecule has 0 bridgehead atoms. The fourth-order valence-corrected chi connectivity index (χ4v) is 2.51. The van der Waals surface area contributed by atoms with Gasteiger partial charge in [0.05, 0.1) is 0 Å². The highest BCUT2D eigenvalue weighted by Gasteiger charge is 2.24. The molecule has 6 heteroatoms. The Hall–Kier alpha value is -0.810. The summed E-state index contributed by atoms with van der Waals surface area (Å²) in [5.74, 6) is 1.34. The van der Waals surface area contributed by atoms with Gasteiger partial charge in [0.2, 0.25) is 0 Å². The number of nitrogens with zero attached hydrogens (tertiary/aromatic N) is 3. The molecule has 1 aromatic rings. The zero-order valence-corrected chi connectivity index (χ0v) is 11.2. The standard InChI is InChI=1S/C11H20N4O.ClH/c1-14-10(13-15(2)11(14)16)7-8-5-3-4-6-9(8)12;/h8-9H,3-7,12H2,1-2H3;1H/t8-,9-;/m0./s1. The molecule has 1 aliphatic rings. The van der Waals surface area contributed by atoms with Gasteiger partial charge in [0.25, 0.3) is 0 Å². The van der Waals surface area contributed by atoms with Crippen molar-refractivity contribution in [2.24, 2.45) is 25.7 Å². The molecule has 1 heterocycles. The predicted molar refractivity (Wildman–Crippen MR) is 69.3 cm³/mol. The van der Waals surface area contributed by atoms with Crippen LogP contribution in [0.5, 0.6) is 0 Å². The third-order valence-electron chi connectivity index (χ3n) is 3.63. The van der Waals surface area contributed by atoms with Gasteiger partial charge in [0, 0.05) is 26.6 Å². The quantitative estimate of drug-likeness (QED) is 0.847. The smallest absolute Gasteiger partial charge is 0.327 e. The first-order chi connectivity index (χ1) is 7.59. The van der Waals surface area contributed by atoms with Gasteiger partial charge in [-0.15, -0.1) is 12.4 Å². The number of aryl methyl sites for hydroxylation is 1. The molecule has 0 unspecified atom stereocenters. The zero-order valence-electron chi connectivity index (χ0n) is 10.4. The van der Waals surface area contributed by atoms with Gasteiger partial charge in [-0.25, -0.2) is 9.48 Å². The van der Waals surface area contributed by atoms with Crippen molar-refractivity contribution in [2.45, 2.75) is 38.1 Å². The molecule has 2 atom stereocenters. The number of nitrogens with two attached hydrogens (primary N) is 1. The van der Waals surface area contributed by atoms with Crippen LogP contribution in [0.4, 0.5) is 0 Å². The molecule has 0 aromatic carbocycles.